The smallest absolute Gasteiger partial charge is 0.222 e. The van der Waals surface area contributed by atoms with Crippen molar-refractivity contribution in [1.82, 2.24) is 10.2 Å². The van der Waals surface area contributed by atoms with Gasteiger partial charge in [0.2, 0.25) is 5.91 Å². The van der Waals surface area contributed by atoms with Gasteiger partial charge in [-0.2, -0.15) is 0 Å². The predicted molar refractivity (Wildman–Crippen MR) is 62.3 cm³/mol. The van der Waals surface area contributed by atoms with E-state index in [1.54, 1.807) is 0 Å². The van der Waals surface area contributed by atoms with Crippen molar-refractivity contribution in [2.75, 3.05) is 32.8 Å². The fourth-order valence-corrected chi connectivity index (χ4v) is 2.39. The largest absolute Gasteiger partial charge is 0.374 e. The SMILES string of the molecule is O=C1CCCCCCN1CC1CNCCO1. The summed E-state index contributed by atoms with van der Waals surface area (Å²) in [4.78, 5) is 13.9. The summed E-state index contributed by atoms with van der Waals surface area (Å²) >= 11 is 0. The minimum absolute atomic E-state index is 0.192. The molecule has 2 aliphatic heterocycles. The van der Waals surface area contributed by atoms with E-state index in [-0.39, 0.29) is 6.10 Å². The molecule has 2 rings (SSSR count). The molecule has 1 unspecified atom stereocenters. The van der Waals surface area contributed by atoms with E-state index in [4.69, 9.17) is 4.74 Å². The molecule has 0 saturated carbocycles. The molecule has 0 aliphatic carbocycles. The maximum Gasteiger partial charge on any atom is 0.222 e. The second-order valence-electron chi connectivity index (χ2n) is 4.70. The summed E-state index contributed by atoms with van der Waals surface area (Å²) in [5.41, 5.74) is 0. The molecule has 0 aromatic carbocycles. The zero-order valence-corrected chi connectivity index (χ0v) is 9.91. The summed E-state index contributed by atoms with van der Waals surface area (Å²) in [5, 5.41) is 3.30. The van der Waals surface area contributed by atoms with Gasteiger partial charge in [0.05, 0.1) is 12.7 Å². The normalized spacial score (nSPS) is 28.6. The van der Waals surface area contributed by atoms with Crippen LogP contribution in [-0.4, -0.2) is 49.7 Å². The quantitative estimate of drug-likeness (QED) is 0.756. The number of carbonyl (C=O) groups is 1. The Labute approximate surface area is 97.3 Å². The zero-order chi connectivity index (χ0) is 11.2. The van der Waals surface area contributed by atoms with E-state index in [1.807, 2.05) is 4.90 Å². The topological polar surface area (TPSA) is 41.6 Å². The molecule has 16 heavy (non-hydrogen) atoms. The molecular weight excluding hydrogens is 204 g/mol. The molecule has 1 N–H and O–H groups in total. The molecule has 1 atom stereocenters. The Balaban J connectivity index is 1.82. The van der Waals surface area contributed by atoms with Crippen LogP contribution in [0.2, 0.25) is 0 Å². The summed E-state index contributed by atoms with van der Waals surface area (Å²) in [6.45, 7) is 4.27. The van der Waals surface area contributed by atoms with Gasteiger partial charge in [0.1, 0.15) is 0 Å². The maximum absolute atomic E-state index is 11.9. The second-order valence-corrected chi connectivity index (χ2v) is 4.70. The Bertz CT molecular complexity index is 227. The van der Waals surface area contributed by atoms with Gasteiger partial charge in [0, 0.05) is 32.6 Å². The molecule has 0 spiro atoms. The highest BCUT2D eigenvalue weighted by Crippen LogP contribution is 2.12. The third-order valence-electron chi connectivity index (χ3n) is 3.35. The maximum atomic E-state index is 11.9. The van der Waals surface area contributed by atoms with E-state index < -0.39 is 0 Å². The van der Waals surface area contributed by atoms with E-state index in [0.29, 0.717) is 5.91 Å². The summed E-state index contributed by atoms with van der Waals surface area (Å²) in [7, 11) is 0. The Hall–Kier alpha value is -0.610. The molecule has 92 valence electrons. The van der Waals surface area contributed by atoms with Crippen LogP contribution >= 0.6 is 0 Å². The molecule has 4 nitrogen and oxygen atoms in total. The molecular formula is C12H22N2O2. The van der Waals surface area contributed by atoms with Crippen molar-refractivity contribution in [3.8, 4) is 0 Å². The number of amides is 1. The molecule has 2 fully saturated rings. The monoisotopic (exact) mass is 226 g/mol. The lowest BCUT2D eigenvalue weighted by molar-refractivity contribution is -0.134. The van der Waals surface area contributed by atoms with E-state index in [2.05, 4.69) is 5.32 Å². The van der Waals surface area contributed by atoms with Crippen LogP contribution in [0.4, 0.5) is 0 Å². The van der Waals surface area contributed by atoms with Gasteiger partial charge in [-0.1, -0.05) is 12.8 Å². The van der Waals surface area contributed by atoms with E-state index in [1.165, 1.54) is 12.8 Å². The van der Waals surface area contributed by atoms with Crippen molar-refractivity contribution in [1.29, 1.82) is 0 Å². The lowest BCUT2D eigenvalue weighted by Crippen LogP contribution is -2.47. The van der Waals surface area contributed by atoms with Crippen molar-refractivity contribution in [3.63, 3.8) is 0 Å². The van der Waals surface area contributed by atoms with Crippen molar-refractivity contribution < 1.29 is 9.53 Å². The average Bonchev–Trinajstić information content (AvgIpc) is 2.30. The first-order chi connectivity index (χ1) is 7.86. The predicted octanol–water partition coefficient (Wildman–Crippen LogP) is 0.767. The number of likely N-dealkylation sites (tertiary alicyclic amines) is 1. The van der Waals surface area contributed by atoms with Crippen LogP contribution in [-0.2, 0) is 9.53 Å². The van der Waals surface area contributed by atoms with Crippen molar-refractivity contribution in [3.05, 3.63) is 0 Å². The summed E-state index contributed by atoms with van der Waals surface area (Å²) in [6, 6.07) is 0. The Morgan fingerprint density at radius 2 is 2.19 bits per heavy atom. The van der Waals surface area contributed by atoms with Crippen molar-refractivity contribution >= 4 is 5.91 Å². The molecule has 4 heteroatoms. The number of ether oxygens (including phenoxy) is 1. The summed E-state index contributed by atoms with van der Waals surface area (Å²) in [6.07, 6.45) is 5.58. The van der Waals surface area contributed by atoms with Crippen molar-refractivity contribution in [2.45, 2.75) is 38.2 Å². The van der Waals surface area contributed by atoms with Crippen LogP contribution in [0.3, 0.4) is 0 Å². The second kappa shape index (κ2) is 6.21. The highest BCUT2D eigenvalue weighted by Gasteiger charge is 2.21. The molecule has 0 aromatic heterocycles. The molecule has 1 amide bonds. The lowest BCUT2D eigenvalue weighted by atomic mass is 10.1. The van der Waals surface area contributed by atoms with Gasteiger partial charge in [-0.15, -0.1) is 0 Å². The average molecular weight is 226 g/mol. The fraction of sp³-hybridized carbons (Fsp3) is 0.917. The number of rotatable bonds is 2. The van der Waals surface area contributed by atoms with Crippen LogP contribution in [0.1, 0.15) is 32.1 Å². The Morgan fingerprint density at radius 3 is 3.00 bits per heavy atom. The molecule has 0 bridgehead atoms. The number of hydrogen-bond acceptors (Lipinski definition) is 3. The van der Waals surface area contributed by atoms with Gasteiger partial charge >= 0.3 is 0 Å². The van der Waals surface area contributed by atoms with Crippen LogP contribution in [0.5, 0.6) is 0 Å². The number of carbonyl (C=O) groups excluding carboxylic acids is 1. The summed E-state index contributed by atoms with van der Waals surface area (Å²) < 4.78 is 5.64. The zero-order valence-electron chi connectivity index (χ0n) is 9.91. The minimum Gasteiger partial charge on any atom is -0.374 e. The van der Waals surface area contributed by atoms with Gasteiger partial charge in [0.25, 0.3) is 0 Å². The van der Waals surface area contributed by atoms with Gasteiger partial charge in [0.15, 0.2) is 0 Å². The lowest BCUT2D eigenvalue weighted by Gasteiger charge is -2.31. The standard InChI is InChI=1S/C12H22N2O2/c15-12-5-3-1-2-4-7-14(12)10-11-9-13-6-8-16-11/h11,13H,1-10H2. The molecule has 0 aromatic rings. The molecule has 2 saturated heterocycles. The third kappa shape index (κ3) is 3.46. The number of nitrogens with zero attached hydrogens (tertiary/aromatic N) is 1. The first-order valence-corrected chi connectivity index (χ1v) is 6.46. The first-order valence-electron chi connectivity index (χ1n) is 6.46. The highest BCUT2D eigenvalue weighted by molar-refractivity contribution is 5.76. The highest BCUT2D eigenvalue weighted by atomic mass is 16.5. The van der Waals surface area contributed by atoms with Gasteiger partial charge in [-0.05, 0) is 12.8 Å². The van der Waals surface area contributed by atoms with E-state index in [9.17, 15) is 4.79 Å². The number of morpholine rings is 1. The minimum atomic E-state index is 0.192. The number of hydrogen-bond donors (Lipinski definition) is 1. The van der Waals surface area contributed by atoms with Gasteiger partial charge in [-0.25, -0.2) is 0 Å². The number of nitrogens with one attached hydrogen (secondary N) is 1. The van der Waals surface area contributed by atoms with Crippen LogP contribution in [0.25, 0.3) is 0 Å². The summed E-state index contributed by atoms with van der Waals surface area (Å²) in [5.74, 6) is 0.314. The van der Waals surface area contributed by atoms with E-state index >= 15 is 0 Å². The van der Waals surface area contributed by atoms with Crippen LogP contribution < -0.4 is 5.32 Å². The molecule has 2 aliphatic rings. The Morgan fingerprint density at radius 1 is 1.31 bits per heavy atom. The molecule has 2 heterocycles. The van der Waals surface area contributed by atoms with Crippen molar-refractivity contribution in [2.24, 2.45) is 0 Å². The first kappa shape index (κ1) is 11.9. The van der Waals surface area contributed by atoms with Gasteiger partial charge < -0.3 is 15.0 Å². The van der Waals surface area contributed by atoms with Crippen LogP contribution in [0, 0.1) is 0 Å². The Kier molecular flexibility index (Phi) is 4.60. The van der Waals surface area contributed by atoms with Gasteiger partial charge in [-0.3, -0.25) is 4.79 Å². The van der Waals surface area contributed by atoms with Crippen LogP contribution in [0.15, 0.2) is 0 Å². The third-order valence-corrected chi connectivity index (χ3v) is 3.35. The van der Waals surface area contributed by atoms with E-state index in [0.717, 1.165) is 52.0 Å². The fourth-order valence-electron chi connectivity index (χ4n) is 2.39. The molecule has 0 radical (unpaired) electrons.